The van der Waals surface area contributed by atoms with E-state index in [0.717, 1.165) is 36.2 Å². The molecule has 118 valence electrons. The van der Waals surface area contributed by atoms with Crippen LogP contribution in [0.4, 0.5) is 5.82 Å². The van der Waals surface area contributed by atoms with Crippen LogP contribution in [-0.2, 0) is 6.54 Å². The van der Waals surface area contributed by atoms with Crippen LogP contribution in [-0.4, -0.2) is 25.6 Å². The molecule has 0 unspecified atom stereocenters. The molecule has 1 saturated carbocycles. The molecule has 1 fully saturated rings. The van der Waals surface area contributed by atoms with Crippen LogP contribution < -0.4 is 5.32 Å². The molecule has 0 spiro atoms. The third-order valence-corrected chi connectivity index (χ3v) is 4.92. The molecule has 5 nitrogen and oxygen atoms in total. The molecule has 3 aromatic rings. The fourth-order valence-corrected chi connectivity index (χ4v) is 3.30. The van der Waals surface area contributed by atoms with Crippen molar-refractivity contribution in [2.45, 2.75) is 25.4 Å². The van der Waals surface area contributed by atoms with Crippen molar-refractivity contribution < 1.29 is 0 Å². The van der Waals surface area contributed by atoms with E-state index in [2.05, 4.69) is 24.8 Å². The number of imidazole rings is 1. The van der Waals surface area contributed by atoms with Crippen LogP contribution in [0.1, 0.15) is 12.8 Å². The lowest BCUT2D eigenvalue weighted by molar-refractivity contribution is 0.249. The van der Waals surface area contributed by atoms with Gasteiger partial charge in [0.15, 0.2) is 0 Å². The standard InChI is InChI=1S/C16H15Cl2N5/c17-12-5-14-15(6-13(12)18)22-16(7-20-14)21-11-3-10(4-11)8-23-2-1-19-9-23/h1-2,5-7,9-11H,3-4,8H2,(H,21,22). The summed E-state index contributed by atoms with van der Waals surface area (Å²) in [6.07, 6.45) is 9.68. The van der Waals surface area contributed by atoms with Gasteiger partial charge in [0.1, 0.15) is 5.82 Å². The summed E-state index contributed by atoms with van der Waals surface area (Å²) in [5.74, 6) is 1.46. The lowest BCUT2D eigenvalue weighted by Crippen LogP contribution is -2.37. The number of nitrogens with one attached hydrogen (secondary N) is 1. The minimum Gasteiger partial charge on any atom is -0.366 e. The number of halogens is 2. The molecule has 1 N–H and O–H groups in total. The second kappa shape index (κ2) is 5.98. The maximum absolute atomic E-state index is 6.04. The summed E-state index contributed by atoms with van der Waals surface area (Å²) in [5.41, 5.74) is 1.50. The van der Waals surface area contributed by atoms with Gasteiger partial charge in [0.2, 0.25) is 0 Å². The van der Waals surface area contributed by atoms with Gasteiger partial charge in [-0.15, -0.1) is 0 Å². The molecular formula is C16H15Cl2N5. The number of anilines is 1. The number of rotatable bonds is 4. The molecule has 1 aliphatic rings. The Balaban J connectivity index is 1.40. The van der Waals surface area contributed by atoms with Gasteiger partial charge < -0.3 is 9.88 Å². The second-order valence-corrected chi connectivity index (χ2v) is 6.76. The van der Waals surface area contributed by atoms with E-state index in [1.165, 1.54) is 0 Å². The summed E-state index contributed by atoms with van der Waals surface area (Å²) in [4.78, 5) is 13.0. The molecule has 2 aromatic heterocycles. The Hall–Kier alpha value is -1.85. The quantitative estimate of drug-likeness (QED) is 0.774. The summed E-state index contributed by atoms with van der Waals surface area (Å²) >= 11 is 12.0. The van der Waals surface area contributed by atoms with Gasteiger partial charge in [-0.1, -0.05) is 23.2 Å². The fourth-order valence-electron chi connectivity index (χ4n) is 2.98. The number of fused-ring (bicyclic) bond motifs is 1. The van der Waals surface area contributed by atoms with Crippen LogP contribution >= 0.6 is 23.2 Å². The molecule has 1 aromatic carbocycles. The van der Waals surface area contributed by atoms with Crippen LogP contribution in [0.25, 0.3) is 11.0 Å². The number of hydrogen-bond acceptors (Lipinski definition) is 4. The Kier molecular flexibility index (Phi) is 3.83. The van der Waals surface area contributed by atoms with Gasteiger partial charge in [-0.25, -0.2) is 9.97 Å². The summed E-state index contributed by atoms with van der Waals surface area (Å²) in [5, 5.41) is 4.43. The third-order valence-electron chi connectivity index (χ3n) is 4.20. The zero-order valence-electron chi connectivity index (χ0n) is 12.3. The van der Waals surface area contributed by atoms with Crippen LogP contribution in [0, 0.1) is 5.92 Å². The highest BCUT2D eigenvalue weighted by Gasteiger charge is 2.29. The molecule has 1 aliphatic carbocycles. The SMILES string of the molecule is Clc1cc2ncc(NC3CC(Cn4ccnc4)C3)nc2cc1Cl. The van der Waals surface area contributed by atoms with Gasteiger partial charge >= 0.3 is 0 Å². The Labute approximate surface area is 143 Å². The lowest BCUT2D eigenvalue weighted by Gasteiger charge is -2.36. The zero-order chi connectivity index (χ0) is 15.8. The molecule has 23 heavy (non-hydrogen) atoms. The van der Waals surface area contributed by atoms with Crippen LogP contribution in [0.15, 0.2) is 37.1 Å². The van der Waals surface area contributed by atoms with E-state index in [4.69, 9.17) is 23.2 Å². The first-order valence-electron chi connectivity index (χ1n) is 7.51. The molecule has 7 heteroatoms. The number of nitrogens with zero attached hydrogens (tertiary/aromatic N) is 4. The highest BCUT2D eigenvalue weighted by atomic mass is 35.5. The van der Waals surface area contributed by atoms with E-state index in [1.54, 1.807) is 18.3 Å². The van der Waals surface area contributed by atoms with Crippen molar-refractivity contribution in [3.8, 4) is 0 Å². The highest BCUT2D eigenvalue weighted by molar-refractivity contribution is 6.42. The molecule has 0 aliphatic heterocycles. The van der Waals surface area contributed by atoms with Gasteiger partial charge in [0.05, 0.1) is 33.6 Å². The maximum atomic E-state index is 6.04. The summed E-state index contributed by atoms with van der Waals surface area (Å²) in [6.45, 7) is 1.02. The molecule has 0 bridgehead atoms. The first-order chi connectivity index (χ1) is 11.2. The third kappa shape index (κ3) is 3.12. The largest absolute Gasteiger partial charge is 0.366 e. The maximum Gasteiger partial charge on any atom is 0.145 e. The Morgan fingerprint density at radius 1 is 1.17 bits per heavy atom. The molecule has 0 saturated heterocycles. The summed E-state index contributed by atoms with van der Waals surface area (Å²) < 4.78 is 2.13. The smallest absolute Gasteiger partial charge is 0.145 e. The van der Waals surface area contributed by atoms with E-state index < -0.39 is 0 Å². The van der Waals surface area contributed by atoms with E-state index >= 15 is 0 Å². The molecule has 4 rings (SSSR count). The van der Waals surface area contributed by atoms with Crippen molar-refractivity contribution in [1.82, 2.24) is 19.5 Å². The topological polar surface area (TPSA) is 55.6 Å². The van der Waals surface area contributed by atoms with Crippen LogP contribution in [0.5, 0.6) is 0 Å². The average molecular weight is 348 g/mol. The van der Waals surface area contributed by atoms with Gasteiger partial charge in [-0.2, -0.15) is 0 Å². The van der Waals surface area contributed by atoms with E-state index in [-0.39, 0.29) is 0 Å². The molecular weight excluding hydrogens is 333 g/mol. The van der Waals surface area contributed by atoms with Gasteiger partial charge in [0, 0.05) is 25.0 Å². The lowest BCUT2D eigenvalue weighted by atomic mass is 9.80. The Bertz CT molecular complexity index is 828. The molecule has 0 amide bonds. The predicted octanol–water partition coefficient (Wildman–Crippen LogP) is 4.02. The minimum absolute atomic E-state index is 0.443. The summed E-state index contributed by atoms with van der Waals surface area (Å²) in [6, 6.07) is 3.93. The van der Waals surface area contributed by atoms with Gasteiger partial charge in [-0.05, 0) is 30.9 Å². The van der Waals surface area contributed by atoms with Gasteiger partial charge in [-0.3, -0.25) is 4.98 Å². The van der Waals surface area contributed by atoms with E-state index in [1.807, 2.05) is 18.7 Å². The molecule has 2 heterocycles. The fraction of sp³-hybridized carbons (Fsp3) is 0.312. The monoisotopic (exact) mass is 347 g/mol. The van der Waals surface area contributed by atoms with Crippen LogP contribution in [0.3, 0.4) is 0 Å². The second-order valence-electron chi connectivity index (χ2n) is 5.95. The van der Waals surface area contributed by atoms with Crippen molar-refractivity contribution in [1.29, 1.82) is 0 Å². The van der Waals surface area contributed by atoms with Crippen molar-refractivity contribution in [3.63, 3.8) is 0 Å². The Morgan fingerprint density at radius 3 is 2.70 bits per heavy atom. The Morgan fingerprint density at radius 2 is 1.96 bits per heavy atom. The molecule has 0 atom stereocenters. The average Bonchev–Trinajstić information content (AvgIpc) is 2.99. The van der Waals surface area contributed by atoms with Crippen molar-refractivity contribution >= 4 is 40.1 Å². The van der Waals surface area contributed by atoms with E-state index in [0.29, 0.717) is 22.0 Å². The van der Waals surface area contributed by atoms with Crippen molar-refractivity contribution in [2.75, 3.05) is 5.32 Å². The van der Waals surface area contributed by atoms with Crippen LogP contribution in [0.2, 0.25) is 10.0 Å². The minimum atomic E-state index is 0.443. The first-order valence-corrected chi connectivity index (χ1v) is 8.27. The van der Waals surface area contributed by atoms with Gasteiger partial charge in [0.25, 0.3) is 0 Å². The predicted molar refractivity (Wildman–Crippen MR) is 91.9 cm³/mol. The summed E-state index contributed by atoms with van der Waals surface area (Å²) in [7, 11) is 0. The first kappa shape index (κ1) is 14.7. The van der Waals surface area contributed by atoms with E-state index in [9.17, 15) is 0 Å². The molecule has 0 radical (unpaired) electrons. The zero-order valence-corrected chi connectivity index (χ0v) is 13.8. The number of aromatic nitrogens is 4. The number of hydrogen-bond donors (Lipinski definition) is 1. The normalized spacial score (nSPS) is 20.4. The van der Waals surface area contributed by atoms with Crippen molar-refractivity contribution in [2.24, 2.45) is 5.92 Å². The van der Waals surface area contributed by atoms with Crippen molar-refractivity contribution in [3.05, 3.63) is 47.1 Å². The number of benzene rings is 1. The highest BCUT2D eigenvalue weighted by Crippen LogP contribution is 2.32.